The zero-order valence-corrected chi connectivity index (χ0v) is 29.5. The van der Waals surface area contributed by atoms with Crippen molar-refractivity contribution in [2.75, 3.05) is 26.4 Å². The molecule has 55 heavy (non-hydrogen) atoms. The van der Waals surface area contributed by atoms with Crippen molar-refractivity contribution in [2.45, 2.75) is 160 Å². The SMILES string of the molecule is C[C@H]1O[C@H](O[C@H]2[C@H](O)[C@@H](O)[C@@H](O[C@H]3[C@H](O)[C@@H](O)[C@@H](O[C@H]4[C@H](O)[C@@H](O)[C@@H](O)O[C@@H]4CO)O[C@@H]3CO)O[C@@H]2CO)[C@H](O)[C@H](O)[C@@H]1N[C@H]1CC(CO)[C@H](O)[C@@H](O)[C@@H]1O. The Kier molecular flexibility index (Phi) is 15.6. The molecule has 4 heterocycles. The van der Waals surface area contributed by atoms with E-state index in [1.165, 1.54) is 6.92 Å². The molecule has 1 unspecified atom stereocenters. The highest BCUT2D eigenvalue weighted by Crippen LogP contribution is 2.35. The summed E-state index contributed by atoms with van der Waals surface area (Å²) in [5.41, 5.74) is 0. The smallest absolute Gasteiger partial charge is 0.187 e. The average Bonchev–Trinajstić information content (AvgIpc) is 3.17. The summed E-state index contributed by atoms with van der Waals surface area (Å²) in [6.07, 6.45) is -37.7. The summed E-state index contributed by atoms with van der Waals surface area (Å²) < 4.78 is 38.8. The summed E-state index contributed by atoms with van der Waals surface area (Å²) in [4.78, 5) is 0. The zero-order valence-electron chi connectivity index (χ0n) is 29.5. The van der Waals surface area contributed by atoms with Crippen molar-refractivity contribution in [3.05, 3.63) is 0 Å². The summed E-state index contributed by atoms with van der Waals surface area (Å²) in [6, 6.07) is -2.05. The molecule has 0 aromatic rings. The van der Waals surface area contributed by atoms with Crippen LogP contribution in [0.15, 0.2) is 0 Å². The third-order valence-electron chi connectivity index (χ3n) is 11.0. The van der Waals surface area contributed by atoms with Crippen molar-refractivity contribution >= 4 is 0 Å². The Balaban J connectivity index is 1.21. The first-order valence-electron chi connectivity index (χ1n) is 17.9. The summed E-state index contributed by atoms with van der Waals surface area (Å²) in [7, 11) is 0. The summed E-state index contributed by atoms with van der Waals surface area (Å²) in [6.45, 7) is -1.67. The maximum absolute atomic E-state index is 11.1. The maximum atomic E-state index is 11.1. The van der Waals surface area contributed by atoms with Gasteiger partial charge in [0.2, 0.25) is 0 Å². The Hall–Kier alpha value is -0.960. The van der Waals surface area contributed by atoms with E-state index < -0.39 is 179 Å². The van der Waals surface area contributed by atoms with Gasteiger partial charge in [-0.25, -0.2) is 0 Å². The minimum Gasteiger partial charge on any atom is -0.396 e. The topological polar surface area (TPSA) is 400 Å². The molecule has 322 valence electrons. The Morgan fingerprint density at radius 2 is 0.873 bits per heavy atom. The van der Waals surface area contributed by atoms with E-state index in [2.05, 4.69) is 5.32 Å². The van der Waals surface area contributed by atoms with E-state index in [1.807, 2.05) is 0 Å². The second-order valence-electron chi connectivity index (χ2n) is 14.6. The van der Waals surface area contributed by atoms with Gasteiger partial charge in [0.25, 0.3) is 0 Å². The van der Waals surface area contributed by atoms with Crippen molar-refractivity contribution < 1.29 is 115 Å². The van der Waals surface area contributed by atoms with Gasteiger partial charge in [0, 0.05) is 18.6 Å². The third kappa shape index (κ3) is 9.13. The molecular weight excluding hydrogens is 754 g/mol. The van der Waals surface area contributed by atoms with Gasteiger partial charge >= 0.3 is 0 Å². The molecule has 0 aromatic heterocycles. The van der Waals surface area contributed by atoms with Crippen LogP contribution in [-0.4, -0.2) is 255 Å². The van der Waals surface area contributed by atoms with Crippen LogP contribution in [0.4, 0.5) is 0 Å². The van der Waals surface area contributed by atoms with Crippen LogP contribution in [0.1, 0.15) is 13.3 Å². The Morgan fingerprint density at radius 1 is 0.455 bits per heavy atom. The standard InChI is InChI=1S/C31H55NO23/c1-7-13(32-9-2-8(3-33)14(37)17(40)15(9)38)16(39)22(45)29(49-7)53-26-11(5-35)51-31(23(46)19(26)42)55-27-12(6-36)52-30(24(47)20(27)43)54-25-10(4-34)50-28(48)21(44)18(25)41/h7-48H,2-6H2,1H3/t7-,8?,9+,10-,11-,12-,13-,14+,15-,16-,17-,18-,19-,20-,21-,22-,23-,24-,25-,26-,27-,28+,29-,30-,31-/m1/s1. The lowest BCUT2D eigenvalue weighted by atomic mass is 9.79. The van der Waals surface area contributed by atoms with Gasteiger partial charge in [-0.15, -0.1) is 0 Å². The van der Waals surface area contributed by atoms with Crippen molar-refractivity contribution in [2.24, 2.45) is 5.92 Å². The zero-order chi connectivity index (χ0) is 40.6. The molecule has 0 aromatic carbocycles. The summed E-state index contributed by atoms with van der Waals surface area (Å²) >= 11 is 0. The van der Waals surface area contributed by atoms with Crippen LogP contribution in [0.25, 0.3) is 0 Å². The second kappa shape index (κ2) is 19.0. The molecule has 1 saturated carbocycles. The minimum atomic E-state index is -2.04. The highest BCUT2D eigenvalue weighted by molar-refractivity contribution is 5.02. The predicted octanol–water partition coefficient (Wildman–Crippen LogP) is -10.7. The average molecular weight is 810 g/mol. The number of ether oxygens (including phenoxy) is 7. The lowest BCUT2D eigenvalue weighted by Crippen LogP contribution is -2.69. The first kappa shape index (κ1) is 45.1. The van der Waals surface area contributed by atoms with Gasteiger partial charge < -0.3 is 120 Å². The van der Waals surface area contributed by atoms with Crippen LogP contribution < -0.4 is 5.32 Å². The van der Waals surface area contributed by atoms with E-state index in [-0.39, 0.29) is 6.42 Å². The minimum absolute atomic E-state index is 0.00892. The Bertz CT molecular complexity index is 1190. The number of hydrogen-bond acceptors (Lipinski definition) is 24. The molecule has 0 radical (unpaired) electrons. The number of rotatable bonds is 12. The van der Waals surface area contributed by atoms with Gasteiger partial charge in [-0.05, 0) is 13.3 Å². The lowest BCUT2D eigenvalue weighted by Gasteiger charge is -2.49. The lowest BCUT2D eigenvalue weighted by molar-refractivity contribution is -0.385. The first-order chi connectivity index (χ1) is 26.0. The molecule has 4 aliphatic heterocycles. The van der Waals surface area contributed by atoms with Crippen LogP contribution >= 0.6 is 0 Å². The van der Waals surface area contributed by atoms with Crippen LogP contribution in [0, 0.1) is 5.92 Å². The van der Waals surface area contributed by atoms with Crippen LogP contribution in [-0.2, 0) is 33.2 Å². The molecule has 0 bridgehead atoms. The fraction of sp³-hybridized carbons (Fsp3) is 1.00. The Morgan fingerprint density at radius 3 is 1.33 bits per heavy atom. The molecule has 24 nitrogen and oxygen atoms in total. The largest absolute Gasteiger partial charge is 0.396 e. The molecule has 5 fully saturated rings. The molecule has 24 heteroatoms. The molecule has 25 atom stereocenters. The van der Waals surface area contributed by atoms with Crippen molar-refractivity contribution in [3.8, 4) is 0 Å². The number of nitrogens with one attached hydrogen (secondary N) is 1. The molecule has 5 aliphatic rings. The van der Waals surface area contributed by atoms with E-state index in [9.17, 15) is 81.7 Å². The molecular formula is C31H55NO23. The van der Waals surface area contributed by atoms with Gasteiger partial charge in [0.05, 0.1) is 44.2 Å². The molecule has 4 saturated heterocycles. The van der Waals surface area contributed by atoms with Gasteiger partial charge in [0.1, 0.15) is 91.6 Å². The Labute approximate surface area is 313 Å². The van der Waals surface area contributed by atoms with Gasteiger partial charge in [0.15, 0.2) is 25.2 Å². The van der Waals surface area contributed by atoms with E-state index in [1.54, 1.807) is 0 Å². The monoisotopic (exact) mass is 809 g/mol. The van der Waals surface area contributed by atoms with E-state index >= 15 is 0 Å². The summed E-state index contributed by atoms with van der Waals surface area (Å²) in [5, 5.41) is 169. The number of hydrogen-bond donors (Lipinski definition) is 17. The quantitative estimate of drug-likeness (QED) is 0.0870. The maximum Gasteiger partial charge on any atom is 0.187 e. The fourth-order valence-corrected chi connectivity index (χ4v) is 7.66. The second-order valence-corrected chi connectivity index (χ2v) is 14.6. The van der Waals surface area contributed by atoms with Crippen molar-refractivity contribution in [1.29, 1.82) is 0 Å². The van der Waals surface area contributed by atoms with E-state index in [0.29, 0.717) is 0 Å². The van der Waals surface area contributed by atoms with Gasteiger partial charge in [-0.3, -0.25) is 0 Å². The van der Waals surface area contributed by atoms with Crippen molar-refractivity contribution in [1.82, 2.24) is 5.32 Å². The molecule has 5 rings (SSSR count). The molecule has 0 spiro atoms. The summed E-state index contributed by atoms with van der Waals surface area (Å²) in [5.74, 6) is -0.805. The fourth-order valence-electron chi connectivity index (χ4n) is 7.66. The number of aliphatic hydroxyl groups is 16. The van der Waals surface area contributed by atoms with Crippen LogP contribution in [0.5, 0.6) is 0 Å². The molecule has 0 amide bonds. The van der Waals surface area contributed by atoms with Crippen molar-refractivity contribution in [3.63, 3.8) is 0 Å². The molecule has 17 N–H and O–H groups in total. The normalized spacial score (nSPS) is 53.9. The van der Waals surface area contributed by atoms with E-state index in [0.717, 1.165) is 0 Å². The number of aliphatic hydroxyl groups excluding tert-OH is 16. The third-order valence-corrected chi connectivity index (χ3v) is 11.0. The van der Waals surface area contributed by atoms with Crippen LogP contribution in [0.2, 0.25) is 0 Å². The first-order valence-corrected chi connectivity index (χ1v) is 17.9. The highest BCUT2D eigenvalue weighted by atomic mass is 16.8. The van der Waals surface area contributed by atoms with Gasteiger partial charge in [-0.2, -0.15) is 0 Å². The highest BCUT2D eigenvalue weighted by Gasteiger charge is 2.55. The van der Waals surface area contributed by atoms with Crippen LogP contribution in [0.3, 0.4) is 0 Å². The van der Waals surface area contributed by atoms with E-state index in [4.69, 9.17) is 33.2 Å². The molecule has 1 aliphatic carbocycles. The van der Waals surface area contributed by atoms with Gasteiger partial charge in [-0.1, -0.05) is 0 Å². The predicted molar refractivity (Wildman–Crippen MR) is 170 cm³/mol.